The molecule has 0 bridgehead atoms. The summed E-state index contributed by atoms with van der Waals surface area (Å²) in [7, 11) is 1.71. The molecule has 1 aromatic rings. The molecular weight excluding hydrogens is 220 g/mol. The number of aryl methyl sites for hydroxylation is 1. The van der Waals surface area contributed by atoms with Gasteiger partial charge in [-0.2, -0.15) is 0 Å². The zero-order valence-corrected chi connectivity index (χ0v) is 11.1. The second kappa shape index (κ2) is 6.76. The first kappa shape index (κ1) is 13.3. The number of H-pyrrole nitrogens is 1. The summed E-state index contributed by atoms with van der Waals surface area (Å²) in [6, 6.07) is 1.93. The fourth-order valence-corrected chi connectivity index (χ4v) is 1.95. The lowest BCUT2D eigenvalue weighted by atomic mass is 10.2. The van der Waals surface area contributed by atoms with Gasteiger partial charge in [0, 0.05) is 12.8 Å². The predicted molar refractivity (Wildman–Crippen MR) is 68.1 cm³/mol. The molecule has 0 aromatic carbocycles. The number of ether oxygens (including phenoxy) is 1. The maximum Gasteiger partial charge on any atom is 0.137 e. The second-order valence-corrected chi connectivity index (χ2v) is 4.31. The van der Waals surface area contributed by atoms with Gasteiger partial charge in [-0.3, -0.25) is 0 Å². The van der Waals surface area contributed by atoms with Crippen molar-refractivity contribution >= 4 is 12.2 Å². The summed E-state index contributed by atoms with van der Waals surface area (Å²) in [4.78, 5) is 7.66. The average molecular weight is 240 g/mol. The lowest BCUT2D eigenvalue weighted by Gasteiger charge is -2.14. The molecule has 0 aliphatic carbocycles. The zero-order chi connectivity index (χ0) is 12.0. The van der Waals surface area contributed by atoms with Crippen LogP contribution in [0.3, 0.4) is 0 Å². The van der Waals surface area contributed by atoms with Gasteiger partial charge in [0.05, 0.1) is 0 Å². The highest BCUT2D eigenvalue weighted by molar-refractivity contribution is 7.71. The number of aromatic nitrogens is 2. The van der Waals surface area contributed by atoms with Crippen LogP contribution in [0.1, 0.15) is 50.7 Å². The molecule has 1 rings (SSSR count). The van der Waals surface area contributed by atoms with Crippen LogP contribution in [0, 0.1) is 4.64 Å². The van der Waals surface area contributed by atoms with Crippen molar-refractivity contribution in [2.75, 3.05) is 7.11 Å². The number of hydrogen-bond acceptors (Lipinski definition) is 3. The van der Waals surface area contributed by atoms with E-state index in [0.717, 1.165) is 37.2 Å². The molecule has 0 radical (unpaired) electrons. The maximum atomic E-state index is 5.42. The molecule has 3 nitrogen and oxygen atoms in total. The molecule has 16 heavy (non-hydrogen) atoms. The van der Waals surface area contributed by atoms with Crippen molar-refractivity contribution in [1.82, 2.24) is 9.97 Å². The molecule has 0 aliphatic rings. The van der Waals surface area contributed by atoms with Crippen LogP contribution < -0.4 is 0 Å². The number of nitrogens with zero attached hydrogens (tertiary/aromatic N) is 1. The Kier molecular flexibility index (Phi) is 5.63. The van der Waals surface area contributed by atoms with Crippen LogP contribution in [0.15, 0.2) is 6.07 Å². The largest absolute Gasteiger partial charge is 0.374 e. The molecule has 0 fully saturated rings. The first-order valence-electron chi connectivity index (χ1n) is 5.84. The summed E-state index contributed by atoms with van der Waals surface area (Å²) in [5.41, 5.74) is 1.15. The van der Waals surface area contributed by atoms with Gasteiger partial charge in [0.1, 0.15) is 16.6 Å². The monoisotopic (exact) mass is 240 g/mol. The third kappa shape index (κ3) is 3.68. The summed E-state index contributed by atoms with van der Waals surface area (Å²) in [6.45, 7) is 4.29. The van der Waals surface area contributed by atoms with Crippen molar-refractivity contribution in [3.8, 4) is 0 Å². The van der Waals surface area contributed by atoms with Crippen molar-refractivity contribution in [3.05, 3.63) is 22.2 Å². The minimum Gasteiger partial charge on any atom is -0.374 e. The van der Waals surface area contributed by atoms with Gasteiger partial charge in [0.25, 0.3) is 0 Å². The molecule has 0 spiro atoms. The standard InChI is InChI=1S/C12H20N2OS/c1-4-6-9-8-11(16)14-12(13-9)10(15-3)7-5-2/h8,10H,4-7H2,1-3H3,(H,13,14,16). The first-order chi connectivity index (χ1) is 7.71. The van der Waals surface area contributed by atoms with E-state index in [0.29, 0.717) is 4.64 Å². The molecule has 1 aromatic heterocycles. The van der Waals surface area contributed by atoms with Gasteiger partial charge in [0.2, 0.25) is 0 Å². The molecule has 1 atom stereocenters. The summed E-state index contributed by atoms with van der Waals surface area (Å²) in [6.07, 6.45) is 4.16. The smallest absolute Gasteiger partial charge is 0.137 e. The van der Waals surface area contributed by atoms with Crippen LogP contribution in [0.2, 0.25) is 0 Å². The Morgan fingerprint density at radius 3 is 2.75 bits per heavy atom. The van der Waals surface area contributed by atoms with Crippen LogP contribution >= 0.6 is 12.2 Å². The Morgan fingerprint density at radius 2 is 2.19 bits per heavy atom. The number of aromatic amines is 1. The highest BCUT2D eigenvalue weighted by atomic mass is 32.1. The van der Waals surface area contributed by atoms with Crippen LogP contribution in [-0.4, -0.2) is 17.1 Å². The number of methoxy groups -OCH3 is 1. The second-order valence-electron chi connectivity index (χ2n) is 3.89. The van der Waals surface area contributed by atoms with E-state index in [9.17, 15) is 0 Å². The third-order valence-corrected chi connectivity index (χ3v) is 2.69. The Hall–Kier alpha value is -0.740. The first-order valence-corrected chi connectivity index (χ1v) is 6.25. The van der Waals surface area contributed by atoms with Crippen LogP contribution in [0.5, 0.6) is 0 Å². The molecule has 0 saturated carbocycles. The van der Waals surface area contributed by atoms with Crippen molar-refractivity contribution in [2.24, 2.45) is 0 Å². The predicted octanol–water partition coefficient (Wildman–Crippen LogP) is 3.58. The Bertz CT molecular complexity index is 376. The van der Waals surface area contributed by atoms with Crippen molar-refractivity contribution in [1.29, 1.82) is 0 Å². The van der Waals surface area contributed by atoms with Crippen molar-refractivity contribution < 1.29 is 4.74 Å². The minimum absolute atomic E-state index is 0.0310. The quantitative estimate of drug-likeness (QED) is 0.772. The van der Waals surface area contributed by atoms with Gasteiger partial charge in [-0.25, -0.2) is 4.98 Å². The molecule has 4 heteroatoms. The third-order valence-electron chi connectivity index (χ3n) is 2.48. The summed E-state index contributed by atoms with van der Waals surface area (Å²) >= 11 is 5.17. The van der Waals surface area contributed by atoms with Crippen LogP contribution in [0.25, 0.3) is 0 Å². The van der Waals surface area contributed by atoms with E-state index in [1.165, 1.54) is 0 Å². The lowest BCUT2D eigenvalue weighted by Crippen LogP contribution is -2.08. The van der Waals surface area contributed by atoms with Gasteiger partial charge in [0.15, 0.2) is 0 Å². The summed E-state index contributed by atoms with van der Waals surface area (Å²) in [5, 5.41) is 0. The van der Waals surface area contributed by atoms with Gasteiger partial charge in [-0.1, -0.05) is 38.9 Å². The number of nitrogens with one attached hydrogen (secondary N) is 1. The normalized spacial score (nSPS) is 12.7. The van der Waals surface area contributed by atoms with Crippen molar-refractivity contribution in [3.63, 3.8) is 0 Å². The van der Waals surface area contributed by atoms with E-state index >= 15 is 0 Å². The zero-order valence-electron chi connectivity index (χ0n) is 10.2. The van der Waals surface area contributed by atoms with Gasteiger partial charge in [-0.05, 0) is 18.9 Å². The van der Waals surface area contributed by atoms with Crippen molar-refractivity contribution in [2.45, 2.75) is 45.6 Å². The summed E-state index contributed by atoms with van der Waals surface area (Å²) < 4.78 is 6.07. The molecule has 1 N–H and O–H groups in total. The van der Waals surface area contributed by atoms with E-state index < -0.39 is 0 Å². The molecule has 0 saturated heterocycles. The van der Waals surface area contributed by atoms with Gasteiger partial charge < -0.3 is 9.72 Å². The molecule has 90 valence electrons. The maximum absolute atomic E-state index is 5.42. The molecule has 1 unspecified atom stereocenters. The highest BCUT2D eigenvalue weighted by Crippen LogP contribution is 2.18. The summed E-state index contributed by atoms with van der Waals surface area (Å²) in [5.74, 6) is 0.861. The van der Waals surface area contributed by atoms with E-state index in [2.05, 4.69) is 23.8 Å². The molecule has 0 amide bonds. The van der Waals surface area contributed by atoms with E-state index in [4.69, 9.17) is 17.0 Å². The molecular formula is C12H20N2OS. The Labute approximate surface area is 102 Å². The molecule has 0 aliphatic heterocycles. The van der Waals surface area contributed by atoms with Gasteiger partial charge >= 0.3 is 0 Å². The highest BCUT2D eigenvalue weighted by Gasteiger charge is 2.12. The lowest BCUT2D eigenvalue weighted by molar-refractivity contribution is 0.0873. The topological polar surface area (TPSA) is 37.9 Å². The number of hydrogen-bond donors (Lipinski definition) is 1. The van der Waals surface area contributed by atoms with Gasteiger partial charge in [-0.15, -0.1) is 0 Å². The van der Waals surface area contributed by atoms with Crippen LogP contribution in [0.4, 0.5) is 0 Å². The minimum atomic E-state index is 0.0310. The molecule has 1 heterocycles. The number of rotatable bonds is 6. The Balaban J connectivity index is 2.97. The SMILES string of the molecule is CCCc1cc(=S)nc(C(CCC)OC)[nH]1. The fourth-order valence-electron chi connectivity index (χ4n) is 1.71. The van der Waals surface area contributed by atoms with E-state index in [1.54, 1.807) is 7.11 Å². The van der Waals surface area contributed by atoms with Crippen LogP contribution in [-0.2, 0) is 11.2 Å². The average Bonchev–Trinajstić information content (AvgIpc) is 2.25. The Morgan fingerprint density at radius 1 is 1.44 bits per heavy atom. The van der Waals surface area contributed by atoms with E-state index in [1.807, 2.05) is 6.07 Å². The van der Waals surface area contributed by atoms with E-state index in [-0.39, 0.29) is 6.10 Å². The fraction of sp³-hybridized carbons (Fsp3) is 0.667.